The molecule has 2 fully saturated rings. The molecule has 0 aliphatic heterocycles. The zero-order chi connectivity index (χ0) is 15.1. The van der Waals surface area contributed by atoms with Gasteiger partial charge in [-0.15, -0.1) is 0 Å². The molecule has 120 valence electrons. The zero-order valence-corrected chi connectivity index (χ0v) is 12.6. The summed E-state index contributed by atoms with van der Waals surface area (Å²) < 4.78 is 0. The number of urea groups is 1. The molecule has 0 saturated heterocycles. The van der Waals surface area contributed by atoms with Crippen LogP contribution in [-0.4, -0.2) is 53.7 Å². The van der Waals surface area contributed by atoms with E-state index in [2.05, 4.69) is 10.6 Å². The van der Waals surface area contributed by atoms with E-state index in [9.17, 15) is 9.59 Å². The van der Waals surface area contributed by atoms with Crippen molar-refractivity contribution in [3.8, 4) is 0 Å². The van der Waals surface area contributed by atoms with Crippen molar-refractivity contribution in [2.24, 2.45) is 0 Å². The first-order valence-corrected chi connectivity index (χ1v) is 8.14. The molecule has 3 amide bonds. The molecule has 2 rings (SSSR count). The predicted octanol–water partition coefficient (Wildman–Crippen LogP) is 0.992. The Morgan fingerprint density at radius 3 is 2.33 bits per heavy atom. The molecule has 6 nitrogen and oxygen atoms in total. The van der Waals surface area contributed by atoms with Crippen LogP contribution in [0.15, 0.2) is 0 Å². The van der Waals surface area contributed by atoms with Gasteiger partial charge in [-0.25, -0.2) is 4.79 Å². The number of hydrogen-bond donors (Lipinski definition) is 3. The number of aliphatic hydroxyl groups excluding tert-OH is 1. The van der Waals surface area contributed by atoms with Gasteiger partial charge in [-0.2, -0.15) is 0 Å². The van der Waals surface area contributed by atoms with Gasteiger partial charge < -0.3 is 10.4 Å². The van der Waals surface area contributed by atoms with E-state index in [-0.39, 0.29) is 31.1 Å². The first kappa shape index (κ1) is 16.2. The molecule has 3 N–H and O–H groups in total. The van der Waals surface area contributed by atoms with Crippen LogP contribution < -0.4 is 10.6 Å². The van der Waals surface area contributed by atoms with Gasteiger partial charge in [0.2, 0.25) is 5.91 Å². The number of rotatable bonds is 6. The number of carbonyl (C=O) groups excluding carboxylic acids is 2. The third-order valence-corrected chi connectivity index (χ3v) is 4.52. The van der Waals surface area contributed by atoms with Gasteiger partial charge in [0.05, 0.1) is 13.2 Å². The molecule has 2 aliphatic rings. The first-order valence-electron chi connectivity index (χ1n) is 8.14. The van der Waals surface area contributed by atoms with Gasteiger partial charge in [0.25, 0.3) is 0 Å². The van der Waals surface area contributed by atoms with Crippen LogP contribution in [0.1, 0.15) is 51.4 Å². The Bertz CT molecular complexity index is 352. The Labute approximate surface area is 126 Å². The molecule has 0 bridgehead atoms. The Kier molecular flexibility index (Phi) is 6.45. The van der Waals surface area contributed by atoms with Crippen molar-refractivity contribution in [2.45, 2.75) is 63.5 Å². The molecule has 2 aliphatic carbocycles. The summed E-state index contributed by atoms with van der Waals surface area (Å²) in [5, 5.41) is 14.3. The Morgan fingerprint density at radius 2 is 1.76 bits per heavy atom. The Morgan fingerprint density at radius 1 is 1.05 bits per heavy atom. The summed E-state index contributed by atoms with van der Waals surface area (Å²) >= 11 is 0. The van der Waals surface area contributed by atoms with Crippen LogP contribution in [0, 0.1) is 0 Å². The van der Waals surface area contributed by atoms with Gasteiger partial charge in [0.1, 0.15) is 0 Å². The second-order valence-corrected chi connectivity index (χ2v) is 6.14. The molecule has 6 heteroatoms. The Balaban J connectivity index is 1.70. The second kappa shape index (κ2) is 8.34. The largest absolute Gasteiger partial charge is 0.395 e. The van der Waals surface area contributed by atoms with Crippen molar-refractivity contribution in [1.29, 1.82) is 0 Å². The van der Waals surface area contributed by atoms with E-state index in [0.29, 0.717) is 12.6 Å². The van der Waals surface area contributed by atoms with Crippen molar-refractivity contribution >= 4 is 11.9 Å². The summed E-state index contributed by atoms with van der Waals surface area (Å²) in [6.07, 6.45) is 8.84. The molecule has 0 heterocycles. The molecule has 0 atom stereocenters. The third-order valence-electron chi connectivity index (χ3n) is 4.52. The monoisotopic (exact) mass is 297 g/mol. The summed E-state index contributed by atoms with van der Waals surface area (Å²) in [5.74, 6) is -0.288. The molecule has 21 heavy (non-hydrogen) atoms. The standard InChI is InChI=1S/C15H27N3O3/c19-10-9-18(13-7-4-8-13)11-14(20)17-15(21)16-12-5-2-1-3-6-12/h12-13,19H,1-11H2,(H2,16,17,20,21). The molecule has 0 aromatic carbocycles. The number of nitrogens with one attached hydrogen (secondary N) is 2. The highest BCUT2D eigenvalue weighted by molar-refractivity contribution is 5.95. The van der Waals surface area contributed by atoms with Crippen molar-refractivity contribution in [1.82, 2.24) is 15.5 Å². The minimum absolute atomic E-state index is 0.0397. The van der Waals surface area contributed by atoms with E-state index in [4.69, 9.17) is 5.11 Å². The highest BCUT2D eigenvalue weighted by Gasteiger charge is 2.26. The lowest BCUT2D eigenvalue weighted by molar-refractivity contribution is -0.122. The van der Waals surface area contributed by atoms with E-state index in [1.54, 1.807) is 0 Å². The topological polar surface area (TPSA) is 81.7 Å². The number of carbonyl (C=O) groups is 2. The van der Waals surface area contributed by atoms with Crippen molar-refractivity contribution in [3.63, 3.8) is 0 Å². The molecule has 2 saturated carbocycles. The molecular formula is C15H27N3O3. The minimum atomic E-state index is -0.385. The van der Waals surface area contributed by atoms with E-state index < -0.39 is 0 Å². The fourth-order valence-corrected chi connectivity index (χ4v) is 3.09. The smallest absolute Gasteiger partial charge is 0.321 e. The maximum atomic E-state index is 11.9. The number of amides is 3. The van der Waals surface area contributed by atoms with Crippen LogP contribution in [0.5, 0.6) is 0 Å². The second-order valence-electron chi connectivity index (χ2n) is 6.14. The Hall–Kier alpha value is -1.14. The van der Waals surface area contributed by atoms with Crippen LogP contribution >= 0.6 is 0 Å². The summed E-state index contributed by atoms with van der Waals surface area (Å²) in [6.45, 7) is 0.712. The average Bonchev–Trinajstić information content (AvgIpc) is 2.37. The lowest BCUT2D eigenvalue weighted by Crippen LogP contribution is -2.51. The fraction of sp³-hybridized carbons (Fsp3) is 0.867. The summed E-state index contributed by atoms with van der Waals surface area (Å²) in [5.41, 5.74) is 0. The van der Waals surface area contributed by atoms with Gasteiger partial charge in [0.15, 0.2) is 0 Å². The molecule has 0 aromatic rings. The maximum absolute atomic E-state index is 11.9. The normalized spacial score (nSPS) is 20.1. The van der Waals surface area contributed by atoms with Crippen molar-refractivity contribution in [2.75, 3.05) is 19.7 Å². The summed E-state index contributed by atoms with van der Waals surface area (Å²) in [7, 11) is 0. The maximum Gasteiger partial charge on any atom is 0.321 e. The average molecular weight is 297 g/mol. The van der Waals surface area contributed by atoms with Crippen molar-refractivity contribution < 1.29 is 14.7 Å². The van der Waals surface area contributed by atoms with Gasteiger partial charge in [-0.3, -0.25) is 15.0 Å². The number of imide groups is 1. The van der Waals surface area contributed by atoms with Crippen LogP contribution in [0.4, 0.5) is 4.79 Å². The zero-order valence-electron chi connectivity index (χ0n) is 12.6. The highest BCUT2D eigenvalue weighted by atomic mass is 16.3. The number of hydrogen-bond acceptors (Lipinski definition) is 4. The van der Waals surface area contributed by atoms with Gasteiger partial charge in [-0.1, -0.05) is 25.7 Å². The number of nitrogens with zero attached hydrogens (tertiary/aromatic N) is 1. The molecule has 0 unspecified atom stereocenters. The van der Waals surface area contributed by atoms with Gasteiger partial charge in [0, 0.05) is 18.6 Å². The van der Waals surface area contributed by atoms with E-state index >= 15 is 0 Å². The van der Waals surface area contributed by atoms with E-state index in [1.165, 1.54) is 12.8 Å². The highest BCUT2D eigenvalue weighted by Crippen LogP contribution is 2.24. The fourth-order valence-electron chi connectivity index (χ4n) is 3.09. The third kappa shape index (κ3) is 5.28. The lowest BCUT2D eigenvalue weighted by Gasteiger charge is -2.36. The first-order chi connectivity index (χ1) is 10.2. The van der Waals surface area contributed by atoms with Crippen LogP contribution in [0.25, 0.3) is 0 Å². The quantitative estimate of drug-likeness (QED) is 0.683. The van der Waals surface area contributed by atoms with Crippen LogP contribution in [0.3, 0.4) is 0 Å². The molecule has 0 radical (unpaired) electrons. The summed E-state index contributed by atoms with van der Waals surface area (Å²) in [6, 6.07) is 0.195. The van der Waals surface area contributed by atoms with Crippen molar-refractivity contribution in [3.05, 3.63) is 0 Å². The van der Waals surface area contributed by atoms with Gasteiger partial charge in [-0.05, 0) is 25.7 Å². The SMILES string of the molecule is O=C(CN(CCO)C1CCC1)NC(=O)NC1CCCCC1. The predicted molar refractivity (Wildman–Crippen MR) is 79.8 cm³/mol. The minimum Gasteiger partial charge on any atom is -0.395 e. The van der Waals surface area contributed by atoms with Crippen LogP contribution in [-0.2, 0) is 4.79 Å². The van der Waals surface area contributed by atoms with Gasteiger partial charge >= 0.3 is 6.03 Å². The molecule has 0 spiro atoms. The van der Waals surface area contributed by atoms with E-state index in [1.807, 2.05) is 4.90 Å². The molecular weight excluding hydrogens is 270 g/mol. The summed E-state index contributed by atoms with van der Waals surface area (Å²) in [4.78, 5) is 25.7. The number of aliphatic hydroxyl groups is 1. The molecule has 0 aromatic heterocycles. The van der Waals surface area contributed by atoms with E-state index in [0.717, 1.165) is 38.5 Å². The van der Waals surface area contributed by atoms with Crippen LogP contribution in [0.2, 0.25) is 0 Å². The lowest BCUT2D eigenvalue weighted by atomic mass is 9.91.